The van der Waals surface area contributed by atoms with Gasteiger partial charge in [-0.1, -0.05) is 59.9 Å². The number of carbonyl (C=O) groups excluding carboxylic acids is 2. The van der Waals surface area contributed by atoms with Crippen LogP contribution in [0, 0.1) is 0 Å². The number of halogens is 3. The van der Waals surface area contributed by atoms with Crippen molar-refractivity contribution in [2.24, 2.45) is 0 Å². The molecule has 1 aromatic carbocycles. The number of nitrogens with zero attached hydrogens (tertiary/aromatic N) is 1. The molecule has 124 valence electrons. The normalized spacial score (nSPS) is 18.3. The quantitative estimate of drug-likeness (QED) is 0.490. The highest BCUT2D eigenvalue weighted by atomic mass is 79.9. The van der Waals surface area contributed by atoms with E-state index in [1.54, 1.807) is 14.0 Å². The van der Waals surface area contributed by atoms with Gasteiger partial charge in [-0.25, -0.2) is 9.59 Å². The molecular formula is C15H15Br3N2O3. The summed E-state index contributed by atoms with van der Waals surface area (Å²) in [5, 5.41) is 2.85. The van der Waals surface area contributed by atoms with E-state index >= 15 is 0 Å². The Hall–Kier alpha value is -0.860. The van der Waals surface area contributed by atoms with Crippen LogP contribution in [0.2, 0.25) is 0 Å². The molecule has 23 heavy (non-hydrogen) atoms. The third kappa shape index (κ3) is 3.97. The van der Waals surface area contributed by atoms with E-state index in [0.717, 1.165) is 10.0 Å². The molecule has 8 heteroatoms. The third-order valence-corrected chi connectivity index (χ3v) is 4.80. The number of urea groups is 1. The van der Waals surface area contributed by atoms with Gasteiger partial charge in [0.05, 0.1) is 23.9 Å². The van der Waals surface area contributed by atoms with Gasteiger partial charge in [0.25, 0.3) is 0 Å². The van der Waals surface area contributed by atoms with Gasteiger partial charge in [0, 0.05) is 11.5 Å². The highest BCUT2D eigenvalue weighted by Gasteiger charge is 2.38. The molecule has 2 rings (SSSR count). The molecule has 1 heterocycles. The van der Waals surface area contributed by atoms with Crippen LogP contribution in [0.5, 0.6) is 0 Å². The Labute approximate surface area is 159 Å². The minimum absolute atomic E-state index is 0.259. The Kier molecular flexibility index (Phi) is 6.27. The number of esters is 1. The Bertz CT molecular complexity index is 644. The monoisotopic (exact) mass is 508 g/mol. The standard InChI is InChI=1S/C15H15Br3N2O3/c1-3-23-14(21)10-11(8-4-6-9(16)7-5-8)19-15(22)20(2)12(10)13(17)18/h4-7,11,13H,3H2,1-2H3,(H,19,22)/t11-/m0/s1. The lowest BCUT2D eigenvalue weighted by Gasteiger charge is -2.35. The maximum atomic E-state index is 12.5. The maximum Gasteiger partial charge on any atom is 0.338 e. The number of benzene rings is 1. The summed E-state index contributed by atoms with van der Waals surface area (Å²) in [6.07, 6.45) is 0. The van der Waals surface area contributed by atoms with Crippen LogP contribution in [0.1, 0.15) is 18.5 Å². The lowest BCUT2D eigenvalue weighted by molar-refractivity contribution is -0.139. The van der Waals surface area contributed by atoms with E-state index in [2.05, 4.69) is 53.1 Å². The Morgan fingerprint density at radius 1 is 1.35 bits per heavy atom. The Morgan fingerprint density at radius 3 is 2.48 bits per heavy atom. The lowest BCUT2D eigenvalue weighted by atomic mass is 9.95. The zero-order chi connectivity index (χ0) is 17.1. The molecule has 0 spiro atoms. The predicted molar refractivity (Wildman–Crippen MR) is 98.5 cm³/mol. The number of allylic oxidation sites excluding steroid dienone is 1. The van der Waals surface area contributed by atoms with E-state index in [1.165, 1.54) is 4.90 Å². The summed E-state index contributed by atoms with van der Waals surface area (Å²) in [5.41, 5.74) is 1.73. The largest absolute Gasteiger partial charge is 0.463 e. The van der Waals surface area contributed by atoms with Crippen molar-refractivity contribution in [1.82, 2.24) is 10.2 Å². The summed E-state index contributed by atoms with van der Waals surface area (Å²) < 4.78 is 5.75. The summed E-state index contributed by atoms with van der Waals surface area (Å²) in [6, 6.07) is 6.58. The molecule has 1 aliphatic rings. The van der Waals surface area contributed by atoms with Crippen molar-refractivity contribution < 1.29 is 14.3 Å². The van der Waals surface area contributed by atoms with Crippen LogP contribution in [-0.4, -0.2) is 34.3 Å². The van der Waals surface area contributed by atoms with Crippen LogP contribution in [-0.2, 0) is 9.53 Å². The van der Waals surface area contributed by atoms with Crippen molar-refractivity contribution in [3.05, 3.63) is 45.6 Å². The number of ether oxygens (including phenoxy) is 1. The summed E-state index contributed by atoms with van der Waals surface area (Å²) in [7, 11) is 1.61. The molecule has 0 aliphatic carbocycles. The van der Waals surface area contributed by atoms with Crippen molar-refractivity contribution >= 4 is 59.8 Å². The second-order valence-electron chi connectivity index (χ2n) is 4.81. The molecule has 0 unspecified atom stereocenters. The maximum absolute atomic E-state index is 12.5. The summed E-state index contributed by atoms with van der Waals surface area (Å²) in [4.78, 5) is 26.2. The number of hydrogen-bond acceptors (Lipinski definition) is 3. The highest BCUT2D eigenvalue weighted by molar-refractivity contribution is 9.24. The molecular weight excluding hydrogens is 496 g/mol. The fourth-order valence-electron chi connectivity index (χ4n) is 2.33. The number of hydrogen-bond donors (Lipinski definition) is 1. The first-order chi connectivity index (χ1) is 10.9. The van der Waals surface area contributed by atoms with Crippen molar-refractivity contribution in [2.45, 2.75) is 16.7 Å². The fourth-order valence-corrected chi connectivity index (χ4v) is 3.70. The minimum Gasteiger partial charge on any atom is -0.463 e. The molecule has 1 N–H and O–H groups in total. The second kappa shape index (κ2) is 7.81. The summed E-state index contributed by atoms with van der Waals surface area (Å²) >= 11 is 10.2. The van der Waals surface area contributed by atoms with Gasteiger partial charge in [-0.2, -0.15) is 0 Å². The molecule has 1 atom stereocenters. The van der Waals surface area contributed by atoms with Gasteiger partial charge in [-0.3, -0.25) is 4.90 Å². The van der Waals surface area contributed by atoms with Crippen LogP contribution in [0.3, 0.4) is 0 Å². The van der Waals surface area contributed by atoms with Crippen molar-refractivity contribution in [2.75, 3.05) is 13.7 Å². The molecule has 0 aromatic heterocycles. The van der Waals surface area contributed by atoms with Crippen LogP contribution in [0.4, 0.5) is 4.79 Å². The molecule has 1 aliphatic heterocycles. The van der Waals surface area contributed by atoms with E-state index < -0.39 is 12.0 Å². The van der Waals surface area contributed by atoms with Gasteiger partial charge in [0.2, 0.25) is 0 Å². The number of amides is 2. The number of nitrogens with one attached hydrogen (secondary N) is 1. The summed E-state index contributed by atoms with van der Waals surface area (Å²) in [6.45, 7) is 2.01. The first kappa shape index (κ1) is 18.5. The molecule has 5 nitrogen and oxygen atoms in total. The average molecular weight is 511 g/mol. The first-order valence-corrected chi connectivity index (χ1v) is 9.48. The summed E-state index contributed by atoms with van der Waals surface area (Å²) in [5.74, 6) is -0.453. The third-order valence-electron chi connectivity index (χ3n) is 3.40. The van der Waals surface area contributed by atoms with Crippen LogP contribution >= 0.6 is 47.8 Å². The van der Waals surface area contributed by atoms with E-state index in [9.17, 15) is 9.59 Å². The Morgan fingerprint density at radius 2 is 1.96 bits per heavy atom. The highest BCUT2D eigenvalue weighted by Crippen LogP contribution is 2.36. The molecule has 0 bridgehead atoms. The first-order valence-electron chi connectivity index (χ1n) is 6.85. The molecule has 0 fully saturated rings. The fraction of sp³-hybridized carbons (Fsp3) is 0.333. The smallest absolute Gasteiger partial charge is 0.338 e. The molecule has 1 aromatic rings. The van der Waals surface area contributed by atoms with Crippen LogP contribution in [0.15, 0.2) is 40.0 Å². The zero-order valence-electron chi connectivity index (χ0n) is 12.5. The average Bonchev–Trinajstić information content (AvgIpc) is 2.50. The van der Waals surface area contributed by atoms with Crippen LogP contribution in [0.25, 0.3) is 0 Å². The predicted octanol–water partition coefficient (Wildman–Crippen LogP) is 4.08. The van der Waals surface area contributed by atoms with Gasteiger partial charge in [-0.05, 0) is 24.6 Å². The van der Waals surface area contributed by atoms with E-state index in [1.807, 2.05) is 24.3 Å². The molecule has 0 saturated carbocycles. The van der Waals surface area contributed by atoms with Crippen molar-refractivity contribution in [3.63, 3.8) is 0 Å². The van der Waals surface area contributed by atoms with Gasteiger partial charge in [0.15, 0.2) is 0 Å². The Balaban J connectivity index is 2.59. The van der Waals surface area contributed by atoms with Crippen molar-refractivity contribution in [1.29, 1.82) is 0 Å². The zero-order valence-corrected chi connectivity index (χ0v) is 17.2. The SMILES string of the molecule is CCOC(=O)C1=C(C(Br)Br)N(C)C(=O)N[C@H]1c1ccc(Br)cc1. The number of alkyl halides is 2. The van der Waals surface area contributed by atoms with Gasteiger partial charge >= 0.3 is 12.0 Å². The lowest BCUT2D eigenvalue weighted by Crippen LogP contribution is -2.48. The van der Waals surface area contributed by atoms with Gasteiger partial charge in [-0.15, -0.1) is 0 Å². The minimum atomic E-state index is -0.571. The second-order valence-corrected chi connectivity index (χ2v) is 8.79. The topological polar surface area (TPSA) is 58.6 Å². The van der Waals surface area contributed by atoms with Crippen LogP contribution < -0.4 is 5.32 Å². The van der Waals surface area contributed by atoms with Crippen molar-refractivity contribution in [3.8, 4) is 0 Å². The van der Waals surface area contributed by atoms with E-state index in [4.69, 9.17) is 4.74 Å². The molecule has 0 saturated heterocycles. The van der Waals surface area contributed by atoms with E-state index in [0.29, 0.717) is 11.3 Å². The molecule has 0 radical (unpaired) electrons. The number of carbonyl (C=O) groups is 2. The van der Waals surface area contributed by atoms with Gasteiger partial charge < -0.3 is 10.1 Å². The molecule has 2 amide bonds. The van der Waals surface area contributed by atoms with Gasteiger partial charge in [0.1, 0.15) is 3.74 Å². The number of rotatable bonds is 4. The van der Waals surface area contributed by atoms with E-state index in [-0.39, 0.29) is 16.4 Å².